The summed E-state index contributed by atoms with van der Waals surface area (Å²) >= 11 is 11.7. The number of rotatable bonds is 4. The van der Waals surface area contributed by atoms with Crippen LogP contribution in [0.4, 0.5) is 0 Å². The van der Waals surface area contributed by atoms with E-state index in [4.69, 9.17) is 27.9 Å². The van der Waals surface area contributed by atoms with Crippen LogP contribution in [0.1, 0.15) is 12.5 Å². The van der Waals surface area contributed by atoms with E-state index < -0.39 is 5.97 Å². The molecule has 0 aliphatic rings. The molecule has 0 aliphatic heterocycles. The van der Waals surface area contributed by atoms with Gasteiger partial charge in [-0.15, -0.1) is 0 Å². The fraction of sp³-hybridized carbons (Fsp3) is 0.273. The highest BCUT2D eigenvalue weighted by Crippen LogP contribution is 2.21. The zero-order valence-corrected chi connectivity index (χ0v) is 10.8. The summed E-state index contributed by atoms with van der Waals surface area (Å²) in [6, 6.07) is 5.63. The molecule has 1 aromatic carbocycles. The van der Waals surface area contributed by atoms with E-state index in [0.29, 0.717) is 10.6 Å². The molecular formula is C11H10Cl2NO3. The van der Waals surface area contributed by atoms with Gasteiger partial charge in [-0.05, 0) is 19.1 Å². The van der Waals surface area contributed by atoms with Crippen LogP contribution < -0.4 is 0 Å². The van der Waals surface area contributed by atoms with Gasteiger partial charge in [-0.3, -0.25) is 0 Å². The topological polar surface area (TPSA) is 47.9 Å². The summed E-state index contributed by atoms with van der Waals surface area (Å²) in [7, 11) is 1.33. The van der Waals surface area contributed by atoms with E-state index >= 15 is 0 Å². The van der Waals surface area contributed by atoms with Crippen LogP contribution in [0.2, 0.25) is 10.0 Å². The van der Waals surface area contributed by atoms with Gasteiger partial charge in [-0.2, -0.15) is 0 Å². The molecule has 6 heteroatoms. The number of halogens is 2. The summed E-state index contributed by atoms with van der Waals surface area (Å²) in [4.78, 5) is 16.2. The number of benzene rings is 1. The number of carbonyl (C=O) groups is 1. The first-order valence-corrected chi connectivity index (χ1v) is 5.51. The largest absolute Gasteiger partial charge is 0.461 e. The minimum Gasteiger partial charge on any atom is -0.461 e. The Morgan fingerprint density at radius 2 is 2.24 bits per heavy atom. The first-order valence-electron chi connectivity index (χ1n) is 4.75. The standard InChI is InChI=1S/C11H10Cl2NO3/c1-3-17-11(15)10(14-16-2)8-5-4-7(12)6-9(8)13/h5-6H,3H2,1-2H3. The molecule has 0 fully saturated rings. The number of oxime groups is 1. The van der Waals surface area contributed by atoms with Gasteiger partial charge in [0.15, 0.2) is 5.71 Å². The Kier molecular flexibility index (Phi) is 5.25. The van der Waals surface area contributed by atoms with Crippen LogP contribution in [0.3, 0.4) is 0 Å². The molecular weight excluding hydrogens is 265 g/mol. The van der Waals surface area contributed by atoms with Crippen molar-refractivity contribution in [2.24, 2.45) is 5.16 Å². The number of esters is 1. The maximum atomic E-state index is 11.6. The van der Waals surface area contributed by atoms with Gasteiger partial charge in [0.25, 0.3) is 0 Å². The van der Waals surface area contributed by atoms with E-state index in [1.807, 2.05) is 0 Å². The summed E-state index contributed by atoms with van der Waals surface area (Å²) in [5.74, 6) is -0.619. The van der Waals surface area contributed by atoms with Gasteiger partial charge in [0.05, 0.1) is 11.6 Å². The first-order chi connectivity index (χ1) is 8.10. The smallest absolute Gasteiger partial charge is 0.361 e. The van der Waals surface area contributed by atoms with Crippen molar-refractivity contribution in [2.75, 3.05) is 13.7 Å². The summed E-state index contributed by atoms with van der Waals surface area (Å²) in [6.45, 7) is 1.93. The second kappa shape index (κ2) is 6.47. The summed E-state index contributed by atoms with van der Waals surface area (Å²) in [6.07, 6.45) is 0. The molecule has 0 saturated carbocycles. The maximum Gasteiger partial charge on any atom is 0.361 e. The highest BCUT2D eigenvalue weighted by Gasteiger charge is 2.19. The Morgan fingerprint density at radius 1 is 1.53 bits per heavy atom. The van der Waals surface area contributed by atoms with E-state index in [0.717, 1.165) is 0 Å². The molecule has 0 N–H and O–H groups in total. The molecule has 0 bridgehead atoms. The van der Waals surface area contributed by atoms with E-state index in [9.17, 15) is 4.79 Å². The van der Waals surface area contributed by atoms with Gasteiger partial charge >= 0.3 is 5.97 Å². The van der Waals surface area contributed by atoms with Gasteiger partial charge in [-0.1, -0.05) is 28.4 Å². The van der Waals surface area contributed by atoms with Crippen molar-refractivity contribution < 1.29 is 14.4 Å². The van der Waals surface area contributed by atoms with Gasteiger partial charge in [-0.25, -0.2) is 4.79 Å². The number of nitrogens with zero attached hydrogens (tertiary/aromatic N) is 1. The average Bonchev–Trinajstić information content (AvgIpc) is 2.27. The van der Waals surface area contributed by atoms with Crippen molar-refractivity contribution in [3.63, 3.8) is 0 Å². The average molecular weight is 275 g/mol. The van der Waals surface area contributed by atoms with Crippen molar-refractivity contribution in [2.45, 2.75) is 6.92 Å². The second-order valence-electron chi connectivity index (χ2n) is 2.89. The normalized spacial score (nSPS) is 11.2. The molecule has 0 atom stereocenters. The van der Waals surface area contributed by atoms with E-state index in [1.54, 1.807) is 6.92 Å². The van der Waals surface area contributed by atoms with Crippen LogP contribution in [-0.4, -0.2) is 25.4 Å². The minimum absolute atomic E-state index is 0.0210. The zero-order chi connectivity index (χ0) is 12.8. The highest BCUT2D eigenvalue weighted by molar-refractivity contribution is 6.47. The fourth-order valence-corrected chi connectivity index (χ4v) is 1.58. The molecule has 0 saturated heterocycles. The lowest BCUT2D eigenvalue weighted by Crippen LogP contribution is -2.19. The quantitative estimate of drug-likeness (QED) is 0.482. The number of ether oxygens (including phenoxy) is 1. The zero-order valence-electron chi connectivity index (χ0n) is 9.29. The van der Waals surface area contributed by atoms with Crippen LogP contribution in [0.15, 0.2) is 17.3 Å². The Bertz CT molecular complexity index is 446. The molecule has 17 heavy (non-hydrogen) atoms. The van der Waals surface area contributed by atoms with Gasteiger partial charge in [0.2, 0.25) is 0 Å². The van der Waals surface area contributed by atoms with Crippen LogP contribution >= 0.6 is 23.2 Å². The van der Waals surface area contributed by atoms with Crippen LogP contribution in [0.25, 0.3) is 0 Å². The van der Waals surface area contributed by atoms with Crippen LogP contribution in [-0.2, 0) is 14.4 Å². The third kappa shape index (κ3) is 3.61. The summed E-state index contributed by atoms with van der Waals surface area (Å²) < 4.78 is 4.84. The molecule has 4 nitrogen and oxygen atoms in total. The second-order valence-corrected chi connectivity index (χ2v) is 3.70. The molecule has 1 rings (SSSR count). The minimum atomic E-state index is -0.619. The molecule has 0 spiro atoms. The Balaban J connectivity index is 3.15. The van der Waals surface area contributed by atoms with Crippen molar-refractivity contribution in [1.82, 2.24) is 0 Å². The molecule has 0 amide bonds. The molecule has 91 valence electrons. The molecule has 1 aromatic rings. The molecule has 0 heterocycles. The summed E-state index contributed by atoms with van der Waals surface area (Å²) in [5, 5.41) is 4.22. The predicted octanol–water partition coefficient (Wildman–Crippen LogP) is 2.71. The van der Waals surface area contributed by atoms with E-state index in [1.165, 1.54) is 19.2 Å². The van der Waals surface area contributed by atoms with Gasteiger partial charge < -0.3 is 9.57 Å². The highest BCUT2D eigenvalue weighted by atomic mass is 35.5. The van der Waals surface area contributed by atoms with Crippen molar-refractivity contribution in [1.29, 1.82) is 0 Å². The summed E-state index contributed by atoms with van der Waals surface area (Å²) in [5.41, 5.74) is 0.337. The van der Waals surface area contributed by atoms with Crippen LogP contribution in [0.5, 0.6) is 0 Å². The predicted molar refractivity (Wildman–Crippen MR) is 65.5 cm³/mol. The van der Waals surface area contributed by atoms with Gasteiger partial charge in [0.1, 0.15) is 7.11 Å². The van der Waals surface area contributed by atoms with Crippen molar-refractivity contribution >= 4 is 34.9 Å². The molecule has 0 aromatic heterocycles. The Hall–Kier alpha value is -1.26. The molecule has 0 unspecified atom stereocenters. The number of hydrogen-bond donors (Lipinski definition) is 0. The fourth-order valence-electron chi connectivity index (χ4n) is 1.11. The van der Waals surface area contributed by atoms with E-state index in [2.05, 4.69) is 16.1 Å². The lowest BCUT2D eigenvalue weighted by molar-refractivity contribution is -0.135. The SMILES string of the molecule is CCOC(=O)C(=NOC)c1c[c]c(Cl)cc1Cl. The number of hydrogen-bond acceptors (Lipinski definition) is 4. The van der Waals surface area contributed by atoms with Crippen LogP contribution in [0, 0.1) is 6.07 Å². The van der Waals surface area contributed by atoms with E-state index in [-0.39, 0.29) is 17.3 Å². The lowest BCUT2D eigenvalue weighted by Gasteiger charge is -2.07. The Morgan fingerprint density at radius 3 is 2.76 bits per heavy atom. The maximum absolute atomic E-state index is 11.6. The van der Waals surface area contributed by atoms with Crippen molar-refractivity contribution in [3.8, 4) is 0 Å². The molecule has 1 radical (unpaired) electrons. The van der Waals surface area contributed by atoms with Gasteiger partial charge in [0, 0.05) is 16.7 Å². The molecule has 0 aliphatic carbocycles. The first kappa shape index (κ1) is 13.8. The third-order valence-electron chi connectivity index (χ3n) is 1.77. The lowest BCUT2D eigenvalue weighted by atomic mass is 10.1. The Labute approximate surface area is 109 Å². The monoisotopic (exact) mass is 274 g/mol. The number of carbonyl (C=O) groups excluding carboxylic acids is 1. The third-order valence-corrected chi connectivity index (χ3v) is 2.30. The van der Waals surface area contributed by atoms with Crippen molar-refractivity contribution in [3.05, 3.63) is 33.8 Å².